The first-order valence-corrected chi connectivity index (χ1v) is 9.15. The van der Waals surface area contributed by atoms with Gasteiger partial charge in [0.25, 0.3) is 0 Å². The third-order valence-corrected chi connectivity index (χ3v) is 5.09. The molecular weight excluding hydrogens is 350 g/mol. The summed E-state index contributed by atoms with van der Waals surface area (Å²) in [4.78, 5) is 21.2. The monoisotopic (exact) mass is 367 g/mol. The fourth-order valence-corrected chi connectivity index (χ4v) is 3.57. The quantitative estimate of drug-likeness (QED) is 0.562. The van der Waals surface area contributed by atoms with Crippen molar-refractivity contribution < 1.29 is 14.3 Å². The highest BCUT2D eigenvalue weighted by atomic mass is 32.2. The van der Waals surface area contributed by atoms with E-state index in [2.05, 4.69) is 15.3 Å². The van der Waals surface area contributed by atoms with Crippen LogP contribution >= 0.6 is 11.8 Å². The molecular formula is C19H17N3O3S. The van der Waals surface area contributed by atoms with Crippen LogP contribution in [0.4, 0.5) is 5.69 Å². The number of nitrogens with one attached hydrogen (secondary N) is 1. The Bertz CT molecular complexity index is 958. The van der Waals surface area contributed by atoms with Crippen molar-refractivity contribution in [2.24, 2.45) is 0 Å². The Hall–Kier alpha value is -2.80. The van der Waals surface area contributed by atoms with Crippen LogP contribution in [0.25, 0.3) is 10.9 Å². The SMILES string of the molecule is C[C@H](Sc1ncnc2ccccc12)C(=O)Nc1ccc2c(c1)OCCO2. The molecule has 0 radical (unpaired) electrons. The van der Waals surface area contributed by atoms with Crippen molar-refractivity contribution in [3.05, 3.63) is 48.8 Å². The third kappa shape index (κ3) is 3.43. The molecule has 0 fully saturated rings. The number of carbonyl (C=O) groups is 1. The topological polar surface area (TPSA) is 73.3 Å². The fourth-order valence-electron chi connectivity index (χ4n) is 2.66. The summed E-state index contributed by atoms with van der Waals surface area (Å²) in [6.07, 6.45) is 1.52. The van der Waals surface area contributed by atoms with Crippen molar-refractivity contribution in [2.45, 2.75) is 17.2 Å². The smallest absolute Gasteiger partial charge is 0.237 e. The molecule has 7 heteroatoms. The number of ether oxygens (including phenoxy) is 2. The van der Waals surface area contributed by atoms with Gasteiger partial charge in [0, 0.05) is 17.1 Å². The Morgan fingerprint density at radius 2 is 1.92 bits per heavy atom. The lowest BCUT2D eigenvalue weighted by Gasteiger charge is -2.19. The van der Waals surface area contributed by atoms with Gasteiger partial charge in [0.2, 0.25) is 5.91 Å². The first-order chi connectivity index (χ1) is 12.7. The van der Waals surface area contributed by atoms with Gasteiger partial charge in [0.15, 0.2) is 11.5 Å². The standard InChI is InChI=1S/C19H17N3O3S/c1-12(26-19-14-4-2-3-5-15(14)20-11-21-19)18(23)22-13-6-7-16-17(10-13)25-9-8-24-16/h2-7,10-12H,8-9H2,1H3,(H,22,23)/t12-/m0/s1. The summed E-state index contributed by atoms with van der Waals surface area (Å²) in [5.41, 5.74) is 1.55. The van der Waals surface area contributed by atoms with E-state index in [0.717, 1.165) is 15.9 Å². The van der Waals surface area contributed by atoms with Gasteiger partial charge in [0.05, 0.1) is 10.8 Å². The second-order valence-corrected chi connectivity index (χ2v) is 7.13. The molecule has 26 heavy (non-hydrogen) atoms. The molecule has 3 aromatic rings. The van der Waals surface area contributed by atoms with Gasteiger partial charge in [-0.25, -0.2) is 9.97 Å². The van der Waals surface area contributed by atoms with Gasteiger partial charge >= 0.3 is 0 Å². The molecule has 1 aliphatic heterocycles. The molecule has 2 heterocycles. The highest BCUT2D eigenvalue weighted by Crippen LogP contribution is 2.33. The van der Waals surface area contributed by atoms with Crippen LogP contribution in [-0.4, -0.2) is 34.3 Å². The maximum absolute atomic E-state index is 12.6. The molecule has 0 unspecified atom stereocenters. The first kappa shape index (κ1) is 16.7. The summed E-state index contributed by atoms with van der Waals surface area (Å²) in [6.45, 7) is 2.91. The predicted octanol–water partition coefficient (Wildman–Crippen LogP) is 3.52. The molecule has 0 saturated heterocycles. The molecule has 1 atom stereocenters. The Kier molecular flexibility index (Phi) is 4.62. The summed E-state index contributed by atoms with van der Waals surface area (Å²) in [5, 5.41) is 4.34. The molecule has 6 nitrogen and oxygen atoms in total. The van der Waals surface area contributed by atoms with Crippen LogP contribution in [0.1, 0.15) is 6.92 Å². The van der Waals surface area contributed by atoms with Crippen LogP contribution in [0.3, 0.4) is 0 Å². The number of amides is 1. The van der Waals surface area contributed by atoms with E-state index in [0.29, 0.717) is 30.4 Å². The summed E-state index contributed by atoms with van der Waals surface area (Å²) in [5.74, 6) is 1.25. The van der Waals surface area contributed by atoms with Crippen molar-refractivity contribution in [3.63, 3.8) is 0 Å². The second kappa shape index (κ2) is 7.21. The minimum absolute atomic E-state index is 0.102. The number of anilines is 1. The molecule has 1 N–H and O–H groups in total. The van der Waals surface area contributed by atoms with E-state index in [-0.39, 0.29) is 11.2 Å². The number of thioether (sulfide) groups is 1. The van der Waals surface area contributed by atoms with E-state index in [1.54, 1.807) is 12.1 Å². The molecule has 0 aliphatic carbocycles. The number of hydrogen-bond acceptors (Lipinski definition) is 6. The van der Waals surface area contributed by atoms with E-state index >= 15 is 0 Å². The van der Waals surface area contributed by atoms with Crippen LogP contribution < -0.4 is 14.8 Å². The maximum Gasteiger partial charge on any atom is 0.237 e. The summed E-state index contributed by atoms with van der Waals surface area (Å²) in [7, 11) is 0. The van der Waals surface area contributed by atoms with E-state index in [1.807, 2.05) is 37.3 Å². The molecule has 2 aromatic carbocycles. The van der Waals surface area contributed by atoms with Crippen molar-refractivity contribution >= 4 is 34.3 Å². The number of benzene rings is 2. The number of fused-ring (bicyclic) bond motifs is 2. The van der Waals surface area contributed by atoms with Gasteiger partial charge in [0.1, 0.15) is 24.6 Å². The van der Waals surface area contributed by atoms with Crippen LogP contribution in [0.15, 0.2) is 53.8 Å². The lowest BCUT2D eigenvalue weighted by atomic mass is 10.2. The van der Waals surface area contributed by atoms with Crippen molar-refractivity contribution in [1.29, 1.82) is 0 Å². The Balaban J connectivity index is 1.48. The van der Waals surface area contributed by atoms with Gasteiger partial charge in [-0.05, 0) is 25.1 Å². The van der Waals surface area contributed by atoms with Crippen molar-refractivity contribution in [1.82, 2.24) is 9.97 Å². The number of aromatic nitrogens is 2. The minimum Gasteiger partial charge on any atom is -0.486 e. The van der Waals surface area contributed by atoms with Gasteiger partial charge in [-0.2, -0.15) is 0 Å². The predicted molar refractivity (Wildman–Crippen MR) is 101 cm³/mol. The van der Waals surface area contributed by atoms with Crippen LogP contribution in [0, 0.1) is 0 Å². The maximum atomic E-state index is 12.6. The van der Waals surface area contributed by atoms with Crippen LogP contribution in [-0.2, 0) is 4.79 Å². The Labute approximate surface area is 154 Å². The molecule has 0 spiro atoms. The Morgan fingerprint density at radius 3 is 2.81 bits per heavy atom. The molecule has 1 amide bonds. The van der Waals surface area contributed by atoms with Crippen molar-refractivity contribution in [3.8, 4) is 11.5 Å². The fraction of sp³-hybridized carbons (Fsp3) is 0.211. The largest absolute Gasteiger partial charge is 0.486 e. The van der Waals surface area contributed by atoms with E-state index in [9.17, 15) is 4.79 Å². The summed E-state index contributed by atoms with van der Waals surface area (Å²) in [6, 6.07) is 13.2. The minimum atomic E-state index is -0.318. The third-order valence-electron chi connectivity index (χ3n) is 3.97. The average molecular weight is 367 g/mol. The number of rotatable bonds is 4. The van der Waals surface area contributed by atoms with Crippen LogP contribution in [0.2, 0.25) is 0 Å². The zero-order valence-corrected chi connectivity index (χ0v) is 15.0. The highest BCUT2D eigenvalue weighted by molar-refractivity contribution is 8.00. The summed E-state index contributed by atoms with van der Waals surface area (Å²) >= 11 is 1.41. The first-order valence-electron chi connectivity index (χ1n) is 8.27. The van der Waals surface area contributed by atoms with E-state index in [1.165, 1.54) is 18.1 Å². The zero-order chi connectivity index (χ0) is 17.9. The molecule has 0 saturated carbocycles. The molecule has 1 aliphatic rings. The summed E-state index contributed by atoms with van der Waals surface area (Å²) < 4.78 is 11.0. The normalized spacial score (nSPS) is 14.0. The van der Waals surface area contributed by atoms with Gasteiger partial charge in [-0.15, -0.1) is 0 Å². The molecule has 132 valence electrons. The van der Waals surface area contributed by atoms with E-state index in [4.69, 9.17) is 9.47 Å². The lowest BCUT2D eigenvalue weighted by Crippen LogP contribution is -2.23. The molecule has 4 rings (SSSR count). The molecule has 0 bridgehead atoms. The number of carbonyl (C=O) groups excluding carboxylic acids is 1. The van der Waals surface area contributed by atoms with Crippen LogP contribution in [0.5, 0.6) is 11.5 Å². The van der Waals surface area contributed by atoms with Gasteiger partial charge < -0.3 is 14.8 Å². The second-order valence-electron chi connectivity index (χ2n) is 5.80. The van der Waals surface area contributed by atoms with Crippen molar-refractivity contribution in [2.75, 3.05) is 18.5 Å². The van der Waals surface area contributed by atoms with Gasteiger partial charge in [-0.1, -0.05) is 30.0 Å². The number of nitrogens with zero attached hydrogens (tertiary/aromatic N) is 2. The Morgan fingerprint density at radius 1 is 1.12 bits per heavy atom. The zero-order valence-electron chi connectivity index (χ0n) is 14.1. The van der Waals surface area contributed by atoms with Gasteiger partial charge in [-0.3, -0.25) is 4.79 Å². The number of para-hydroxylation sites is 1. The molecule has 1 aromatic heterocycles. The lowest BCUT2D eigenvalue weighted by molar-refractivity contribution is -0.115. The highest BCUT2D eigenvalue weighted by Gasteiger charge is 2.18. The average Bonchev–Trinajstić information content (AvgIpc) is 2.68. The number of hydrogen-bond donors (Lipinski definition) is 1. The van der Waals surface area contributed by atoms with E-state index < -0.39 is 0 Å².